The molecule has 0 aliphatic carbocycles. The molecule has 2 unspecified atom stereocenters. The van der Waals surface area contributed by atoms with Crippen molar-refractivity contribution in [1.29, 1.82) is 0 Å². The van der Waals surface area contributed by atoms with E-state index < -0.39 is 12.1 Å². The SMILES string of the molecule is Cc1ccc(F)cc1CC1CC(C(F)(F)F)CCN1. The number of benzene rings is 1. The molecule has 0 spiro atoms. The first-order valence-corrected chi connectivity index (χ1v) is 6.41. The highest BCUT2D eigenvalue weighted by atomic mass is 19.4. The van der Waals surface area contributed by atoms with Crippen LogP contribution in [0, 0.1) is 18.7 Å². The highest BCUT2D eigenvalue weighted by Crippen LogP contribution is 2.34. The summed E-state index contributed by atoms with van der Waals surface area (Å²) >= 11 is 0. The van der Waals surface area contributed by atoms with E-state index in [1.165, 1.54) is 12.1 Å². The van der Waals surface area contributed by atoms with Crippen LogP contribution in [0.5, 0.6) is 0 Å². The second-order valence-electron chi connectivity index (χ2n) is 5.19. The molecule has 1 aromatic carbocycles. The smallest absolute Gasteiger partial charge is 0.314 e. The van der Waals surface area contributed by atoms with Gasteiger partial charge in [0.2, 0.25) is 0 Å². The monoisotopic (exact) mass is 275 g/mol. The molecule has 1 aliphatic heterocycles. The first-order valence-electron chi connectivity index (χ1n) is 6.41. The number of piperidine rings is 1. The first-order chi connectivity index (χ1) is 8.86. The minimum absolute atomic E-state index is 0.0689. The van der Waals surface area contributed by atoms with Gasteiger partial charge in [0, 0.05) is 6.04 Å². The molecule has 19 heavy (non-hydrogen) atoms. The minimum Gasteiger partial charge on any atom is -0.314 e. The predicted octanol–water partition coefficient (Wildman–Crippen LogP) is 3.61. The van der Waals surface area contributed by atoms with Gasteiger partial charge in [-0.2, -0.15) is 13.2 Å². The second-order valence-corrected chi connectivity index (χ2v) is 5.19. The third-order valence-electron chi connectivity index (χ3n) is 3.74. The van der Waals surface area contributed by atoms with Crippen LogP contribution < -0.4 is 5.32 Å². The Bertz CT molecular complexity index is 442. The molecule has 0 amide bonds. The predicted molar refractivity (Wildman–Crippen MR) is 65.4 cm³/mol. The highest BCUT2D eigenvalue weighted by Gasteiger charge is 2.42. The maximum Gasteiger partial charge on any atom is 0.391 e. The number of halogens is 4. The number of aryl methyl sites for hydroxylation is 1. The van der Waals surface area contributed by atoms with Gasteiger partial charge in [-0.1, -0.05) is 6.07 Å². The van der Waals surface area contributed by atoms with Crippen LogP contribution in [-0.2, 0) is 6.42 Å². The number of nitrogens with one attached hydrogen (secondary N) is 1. The van der Waals surface area contributed by atoms with Crippen LogP contribution in [0.25, 0.3) is 0 Å². The Morgan fingerprint density at radius 1 is 1.32 bits per heavy atom. The summed E-state index contributed by atoms with van der Waals surface area (Å²) in [5, 5.41) is 3.09. The van der Waals surface area contributed by atoms with E-state index in [4.69, 9.17) is 0 Å². The zero-order valence-electron chi connectivity index (χ0n) is 10.7. The Hall–Kier alpha value is -1.10. The summed E-state index contributed by atoms with van der Waals surface area (Å²) in [6, 6.07) is 4.20. The normalized spacial score (nSPS) is 24.5. The zero-order valence-corrected chi connectivity index (χ0v) is 10.7. The average molecular weight is 275 g/mol. The van der Waals surface area contributed by atoms with Crippen molar-refractivity contribution < 1.29 is 17.6 Å². The number of hydrogen-bond acceptors (Lipinski definition) is 1. The summed E-state index contributed by atoms with van der Waals surface area (Å²) < 4.78 is 51.3. The standard InChI is InChI=1S/C14H17F4N/c1-9-2-3-12(15)6-10(9)7-13-8-11(4-5-19-13)14(16,17)18/h2-3,6,11,13,19H,4-5,7-8H2,1H3. The van der Waals surface area contributed by atoms with E-state index in [1.54, 1.807) is 6.07 Å². The van der Waals surface area contributed by atoms with Crippen molar-refractivity contribution in [1.82, 2.24) is 5.32 Å². The fourth-order valence-corrected chi connectivity index (χ4v) is 2.58. The van der Waals surface area contributed by atoms with Crippen LogP contribution in [0.1, 0.15) is 24.0 Å². The van der Waals surface area contributed by atoms with Gasteiger partial charge < -0.3 is 5.32 Å². The minimum atomic E-state index is -4.13. The van der Waals surface area contributed by atoms with E-state index in [2.05, 4.69) is 5.32 Å². The van der Waals surface area contributed by atoms with Crippen LogP contribution in [0.3, 0.4) is 0 Å². The molecule has 0 bridgehead atoms. The van der Waals surface area contributed by atoms with Gasteiger partial charge in [0.15, 0.2) is 0 Å². The number of alkyl halides is 3. The lowest BCUT2D eigenvalue weighted by atomic mass is 9.88. The van der Waals surface area contributed by atoms with E-state index >= 15 is 0 Å². The lowest BCUT2D eigenvalue weighted by Gasteiger charge is -2.32. The molecular formula is C14H17F4N. The number of hydrogen-bond donors (Lipinski definition) is 1. The lowest BCUT2D eigenvalue weighted by Crippen LogP contribution is -2.43. The van der Waals surface area contributed by atoms with Crippen LogP contribution in [0.4, 0.5) is 17.6 Å². The fraction of sp³-hybridized carbons (Fsp3) is 0.571. The molecule has 1 fully saturated rings. The zero-order chi connectivity index (χ0) is 14.0. The molecule has 0 saturated carbocycles. The Labute approximate surface area is 110 Å². The first kappa shape index (κ1) is 14.3. The highest BCUT2D eigenvalue weighted by molar-refractivity contribution is 5.27. The van der Waals surface area contributed by atoms with Crippen LogP contribution in [0.2, 0.25) is 0 Å². The summed E-state index contributed by atoms with van der Waals surface area (Å²) in [7, 11) is 0. The molecule has 0 aromatic heterocycles. The fourth-order valence-electron chi connectivity index (χ4n) is 2.58. The Kier molecular flexibility index (Phi) is 4.13. The molecule has 5 heteroatoms. The van der Waals surface area contributed by atoms with Gasteiger partial charge in [-0.3, -0.25) is 0 Å². The van der Waals surface area contributed by atoms with Gasteiger partial charge in [0.05, 0.1) is 5.92 Å². The summed E-state index contributed by atoms with van der Waals surface area (Å²) in [6.45, 7) is 2.21. The molecule has 1 nitrogen and oxygen atoms in total. The van der Waals surface area contributed by atoms with Gasteiger partial charge in [0.25, 0.3) is 0 Å². The largest absolute Gasteiger partial charge is 0.391 e. The van der Waals surface area contributed by atoms with Crippen molar-refractivity contribution in [3.63, 3.8) is 0 Å². The quantitative estimate of drug-likeness (QED) is 0.813. The molecule has 1 aliphatic rings. The van der Waals surface area contributed by atoms with Gasteiger partial charge in [-0.05, 0) is 56.0 Å². The van der Waals surface area contributed by atoms with E-state index in [1.807, 2.05) is 6.92 Å². The molecule has 1 aromatic rings. The van der Waals surface area contributed by atoms with Crippen LogP contribution in [-0.4, -0.2) is 18.8 Å². The molecule has 1 saturated heterocycles. The van der Waals surface area contributed by atoms with E-state index in [0.29, 0.717) is 13.0 Å². The van der Waals surface area contributed by atoms with Gasteiger partial charge >= 0.3 is 6.18 Å². The van der Waals surface area contributed by atoms with E-state index in [-0.39, 0.29) is 24.7 Å². The van der Waals surface area contributed by atoms with Gasteiger partial charge in [0.1, 0.15) is 5.82 Å². The lowest BCUT2D eigenvalue weighted by molar-refractivity contribution is -0.183. The van der Waals surface area contributed by atoms with Gasteiger partial charge in [-0.25, -0.2) is 4.39 Å². The van der Waals surface area contributed by atoms with Crippen molar-refractivity contribution in [3.8, 4) is 0 Å². The third kappa shape index (κ3) is 3.69. The molecule has 2 atom stereocenters. The average Bonchev–Trinajstić information content (AvgIpc) is 2.33. The Morgan fingerprint density at radius 2 is 2.05 bits per heavy atom. The molecule has 0 radical (unpaired) electrons. The molecular weight excluding hydrogens is 258 g/mol. The van der Waals surface area contributed by atoms with Crippen LogP contribution in [0.15, 0.2) is 18.2 Å². The maximum absolute atomic E-state index is 13.2. The summed E-state index contributed by atoms with van der Waals surface area (Å²) in [4.78, 5) is 0. The third-order valence-corrected chi connectivity index (χ3v) is 3.74. The van der Waals surface area contributed by atoms with E-state index in [0.717, 1.165) is 11.1 Å². The van der Waals surface area contributed by atoms with Crippen LogP contribution >= 0.6 is 0 Å². The Balaban J connectivity index is 2.05. The van der Waals surface area contributed by atoms with Crippen molar-refractivity contribution >= 4 is 0 Å². The number of rotatable bonds is 2. The Morgan fingerprint density at radius 3 is 2.74 bits per heavy atom. The van der Waals surface area contributed by atoms with Crippen molar-refractivity contribution in [3.05, 3.63) is 35.1 Å². The summed E-state index contributed by atoms with van der Waals surface area (Å²) in [6.07, 6.45) is -3.49. The molecule has 2 rings (SSSR count). The molecule has 1 N–H and O–H groups in total. The second kappa shape index (κ2) is 5.49. The molecule has 106 valence electrons. The molecule has 1 heterocycles. The maximum atomic E-state index is 13.2. The van der Waals surface area contributed by atoms with Crippen molar-refractivity contribution in [2.75, 3.05) is 6.54 Å². The summed E-state index contributed by atoms with van der Waals surface area (Å²) in [5.74, 6) is -1.59. The topological polar surface area (TPSA) is 12.0 Å². The van der Waals surface area contributed by atoms with Crippen molar-refractivity contribution in [2.45, 2.75) is 38.4 Å². The summed E-state index contributed by atoms with van der Waals surface area (Å²) in [5.41, 5.74) is 1.69. The van der Waals surface area contributed by atoms with Gasteiger partial charge in [-0.15, -0.1) is 0 Å². The van der Waals surface area contributed by atoms with E-state index in [9.17, 15) is 17.6 Å². The van der Waals surface area contributed by atoms with Crippen molar-refractivity contribution in [2.24, 2.45) is 5.92 Å².